The van der Waals surface area contributed by atoms with Gasteiger partial charge in [0.05, 0.1) is 12.6 Å². The zero-order chi connectivity index (χ0) is 21.5. The van der Waals surface area contributed by atoms with E-state index in [1.807, 2.05) is 66.7 Å². The number of carbonyl (C=O) groups excluding carboxylic acids is 1. The molecule has 4 nitrogen and oxygen atoms in total. The van der Waals surface area contributed by atoms with Crippen molar-refractivity contribution in [2.45, 2.75) is 13.0 Å². The summed E-state index contributed by atoms with van der Waals surface area (Å²) >= 11 is 0. The molecule has 0 atom stereocenters. The van der Waals surface area contributed by atoms with Gasteiger partial charge < -0.3 is 4.74 Å². The number of ether oxygens (including phenoxy) is 1. The summed E-state index contributed by atoms with van der Waals surface area (Å²) in [5.74, 6) is 0.147. The number of carbonyl (C=O) groups is 1. The van der Waals surface area contributed by atoms with Gasteiger partial charge in [-0.3, -0.25) is 4.79 Å². The van der Waals surface area contributed by atoms with Crippen LogP contribution in [0.25, 0.3) is 10.8 Å². The van der Waals surface area contributed by atoms with E-state index in [0.717, 1.165) is 27.5 Å². The van der Waals surface area contributed by atoms with Crippen LogP contribution in [-0.2, 0) is 17.8 Å². The van der Waals surface area contributed by atoms with Gasteiger partial charge in [-0.15, -0.1) is 0 Å². The normalized spacial score (nSPS) is 11.0. The van der Waals surface area contributed by atoms with E-state index in [9.17, 15) is 9.18 Å². The maximum Gasteiger partial charge on any atom is 0.244 e. The number of nitrogens with one attached hydrogen (secondary N) is 1. The second kappa shape index (κ2) is 9.67. The fraction of sp³-hybridized carbons (Fsp3) is 0.0769. The van der Waals surface area contributed by atoms with E-state index >= 15 is 0 Å². The Balaban J connectivity index is 1.52. The minimum atomic E-state index is -0.284. The lowest BCUT2D eigenvalue weighted by atomic mass is 10.0. The summed E-state index contributed by atoms with van der Waals surface area (Å²) in [6, 6.07) is 27.4. The van der Waals surface area contributed by atoms with E-state index in [2.05, 4.69) is 10.5 Å². The molecule has 31 heavy (non-hydrogen) atoms. The average molecular weight is 412 g/mol. The molecule has 0 saturated carbocycles. The van der Waals surface area contributed by atoms with Gasteiger partial charge in [-0.25, -0.2) is 9.82 Å². The molecule has 0 saturated heterocycles. The van der Waals surface area contributed by atoms with E-state index in [1.54, 1.807) is 18.3 Å². The molecule has 0 aromatic heterocycles. The molecule has 0 fully saturated rings. The number of rotatable bonds is 7. The van der Waals surface area contributed by atoms with Gasteiger partial charge in [0.2, 0.25) is 5.91 Å². The molecule has 0 aliphatic rings. The molecular weight excluding hydrogens is 391 g/mol. The van der Waals surface area contributed by atoms with E-state index in [-0.39, 0.29) is 18.1 Å². The van der Waals surface area contributed by atoms with Gasteiger partial charge in [0, 0.05) is 5.56 Å². The number of hydrazone groups is 1. The highest BCUT2D eigenvalue weighted by molar-refractivity contribution is 6.02. The summed E-state index contributed by atoms with van der Waals surface area (Å²) in [4.78, 5) is 12.2. The summed E-state index contributed by atoms with van der Waals surface area (Å²) in [6.45, 7) is 0.291. The van der Waals surface area contributed by atoms with Crippen molar-refractivity contribution in [3.8, 4) is 5.75 Å². The van der Waals surface area contributed by atoms with E-state index in [0.29, 0.717) is 12.4 Å². The Morgan fingerprint density at radius 3 is 2.42 bits per heavy atom. The van der Waals surface area contributed by atoms with Crippen molar-refractivity contribution in [3.05, 3.63) is 114 Å². The first-order valence-corrected chi connectivity index (χ1v) is 9.94. The fourth-order valence-electron chi connectivity index (χ4n) is 3.27. The van der Waals surface area contributed by atoms with Crippen LogP contribution in [0.5, 0.6) is 5.75 Å². The van der Waals surface area contributed by atoms with Crippen LogP contribution in [0, 0.1) is 5.82 Å². The topological polar surface area (TPSA) is 50.7 Å². The van der Waals surface area contributed by atoms with Crippen LogP contribution in [0.3, 0.4) is 0 Å². The van der Waals surface area contributed by atoms with E-state index in [4.69, 9.17) is 4.74 Å². The maximum absolute atomic E-state index is 13.1. The lowest BCUT2D eigenvalue weighted by Crippen LogP contribution is -2.19. The van der Waals surface area contributed by atoms with Crippen molar-refractivity contribution in [2.75, 3.05) is 0 Å². The van der Waals surface area contributed by atoms with E-state index in [1.165, 1.54) is 12.1 Å². The van der Waals surface area contributed by atoms with Gasteiger partial charge in [0.15, 0.2) is 0 Å². The summed E-state index contributed by atoms with van der Waals surface area (Å²) in [5.41, 5.74) is 5.12. The summed E-state index contributed by atoms with van der Waals surface area (Å²) < 4.78 is 19.1. The Labute approximate surface area is 180 Å². The molecule has 154 valence electrons. The number of halogens is 1. The number of benzene rings is 4. The standard InChI is InChI=1S/C26H21FN2O2/c27-22-13-10-20(11-14-22)18-31-25-15-12-21-8-4-5-9-23(21)24(25)17-28-29-26(30)16-19-6-2-1-3-7-19/h1-15,17H,16,18H2,(H,29,30)/b28-17-. The Hall–Kier alpha value is -3.99. The molecule has 1 N–H and O–H groups in total. The molecule has 0 spiro atoms. The molecule has 0 aliphatic carbocycles. The van der Waals surface area contributed by atoms with Crippen LogP contribution in [0.4, 0.5) is 4.39 Å². The molecule has 0 unspecified atom stereocenters. The first kappa shape index (κ1) is 20.3. The highest BCUT2D eigenvalue weighted by atomic mass is 19.1. The molecule has 0 bridgehead atoms. The fourth-order valence-corrected chi connectivity index (χ4v) is 3.27. The maximum atomic E-state index is 13.1. The third-order valence-electron chi connectivity index (χ3n) is 4.83. The third kappa shape index (κ3) is 5.34. The van der Waals surface area contributed by atoms with Crippen LogP contribution in [0.1, 0.15) is 16.7 Å². The lowest BCUT2D eigenvalue weighted by molar-refractivity contribution is -0.120. The minimum Gasteiger partial charge on any atom is -0.488 e. The molecule has 4 aromatic rings. The summed E-state index contributed by atoms with van der Waals surface area (Å²) in [5, 5.41) is 6.16. The lowest BCUT2D eigenvalue weighted by Gasteiger charge is -2.12. The number of hydrogen-bond acceptors (Lipinski definition) is 3. The highest BCUT2D eigenvalue weighted by Gasteiger charge is 2.08. The molecule has 5 heteroatoms. The zero-order valence-corrected chi connectivity index (χ0v) is 16.8. The Bertz CT molecular complexity index is 1210. The third-order valence-corrected chi connectivity index (χ3v) is 4.83. The number of fused-ring (bicyclic) bond motifs is 1. The number of amides is 1. The SMILES string of the molecule is O=C(Cc1ccccc1)N/N=C\c1c(OCc2ccc(F)cc2)ccc2ccccc12. The Morgan fingerprint density at radius 2 is 1.61 bits per heavy atom. The monoisotopic (exact) mass is 412 g/mol. The van der Waals surface area contributed by atoms with Crippen LogP contribution < -0.4 is 10.2 Å². The molecule has 0 aliphatic heterocycles. The van der Waals surface area contributed by atoms with Crippen molar-refractivity contribution in [3.63, 3.8) is 0 Å². The predicted octanol–water partition coefficient (Wildman–Crippen LogP) is 5.25. The quantitative estimate of drug-likeness (QED) is 0.333. The Morgan fingerprint density at radius 1 is 0.871 bits per heavy atom. The largest absolute Gasteiger partial charge is 0.488 e. The number of hydrogen-bond donors (Lipinski definition) is 1. The van der Waals surface area contributed by atoms with Crippen molar-refractivity contribution in [2.24, 2.45) is 5.10 Å². The van der Waals surface area contributed by atoms with Crippen LogP contribution in [0.2, 0.25) is 0 Å². The van der Waals surface area contributed by atoms with Gasteiger partial charge >= 0.3 is 0 Å². The van der Waals surface area contributed by atoms with Gasteiger partial charge in [0.25, 0.3) is 0 Å². The van der Waals surface area contributed by atoms with Crippen molar-refractivity contribution < 1.29 is 13.9 Å². The number of nitrogens with zero attached hydrogens (tertiary/aromatic N) is 1. The summed E-state index contributed by atoms with van der Waals surface area (Å²) in [7, 11) is 0. The van der Waals surface area contributed by atoms with Crippen LogP contribution >= 0.6 is 0 Å². The van der Waals surface area contributed by atoms with Gasteiger partial charge in [-0.05, 0) is 40.1 Å². The first-order chi connectivity index (χ1) is 15.2. The summed E-state index contributed by atoms with van der Waals surface area (Å²) in [6.07, 6.45) is 1.85. The predicted molar refractivity (Wildman–Crippen MR) is 121 cm³/mol. The van der Waals surface area contributed by atoms with Gasteiger partial charge in [0.1, 0.15) is 18.2 Å². The molecule has 1 amide bonds. The van der Waals surface area contributed by atoms with Gasteiger partial charge in [-0.1, -0.05) is 72.8 Å². The second-order valence-electron chi connectivity index (χ2n) is 7.07. The van der Waals surface area contributed by atoms with Crippen molar-refractivity contribution >= 4 is 22.9 Å². The minimum absolute atomic E-state index is 0.198. The second-order valence-corrected chi connectivity index (χ2v) is 7.07. The van der Waals surface area contributed by atoms with E-state index < -0.39 is 0 Å². The molecule has 0 heterocycles. The van der Waals surface area contributed by atoms with Crippen molar-refractivity contribution in [1.82, 2.24) is 5.43 Å². The van der Waals surface area contributed by atoms with Crippen LogP contribution in [-0.4, -0.2) is 12.1 Å². The molecule has 0 radical (unpaired) electrons. The Kier molecular flexibility index (Phi) is 6.33. The smallest absolute Gasteiger partial charge is 0.244 e. The highest BCUT2D eigenvalue weighted by Crippen LogP contribution is 2.27. The van der Waals surface area contributed by atoms with Crippen LogP contribution in [0.15, 0.2) is 96.1 Å². The van der Waals surface area contributed by atoms with Gasteiger partial charge in [-0.2, -0.15) is 5.10 Å². The molecule has 4 rings (SSSR count). The van der Waals surface area contributed by atoms with Crippen molar-refractivity contribution in [1.29, 1.82) is 0 Å². The average Bonchev–Trinajstić information content (AvgIpc) is 2.80. The zero-order valence-electron chi connectivity index (χ0n) is 16.8. The molecular formula is C26H21FN2O2. The first-order valence-electron chi connectivity index (χ1n) is 9.94. The molecule has 4 aromatic carbocycles.